The number of rotatable bonds is 2. The third-order valence-corrected chi connectivity index (χ3v) is 3.93. The van der Waals surface area contributed by atoms with Crippen molar-refractivity contribution in [2.45, 2.75) is 31.7 Å². The number of pyridine rings is 1. The highest BCUT2D eigenvalue weighted by Crippen LogP contribution is 2.31. The smallest absolute Gasteiger partial charge is 0.147 e. The van der Waals surface area contributed by atoms with Gasteiger partial charge in [-0.2, -0.15) is 0 Å². The highest BCUT2D eigenvalue weighted by atomic mass is 35.5. The predicted octanol–water partition coefficient (Wildman–Crippen LogP) is 3.44. The van der Waals surface area contributed by atoms with Crippen LogP contribution in [0.1, 0.15) is 37.3 Å². The van der Waals surface area contributed by atoms with Gasteiger partial charge in [0.25, 0.3) is 0 Å². The first-order valence-electron chi connectivity index (χ1n) is 5.97. The van der Waals surface area contributed by atoms with Crippen LogP contribution in [0.2, 0.25) is 10.2 Å². The fourth-order valence-electron chi connectivity index (χ4n) is 2.34. The van der Waals surface area contributed by atoms with Crippen LogP contribution in [0.25, 0.3) is 0 Å². The van der Waals surface area contributed by atoms with Gasteiger partial charge in [0.2, 0.25) is 0 Å². The second-order valence-corrected chi connectivity index (χ2v) is 5.09. The number of hydrazine groups is 1. The summed E-state index contributed by atoms with van der Waals surface area (Å²) in [6, 6.07) is 2.27. The van der Waals surface area contributed by atoms with Crippen molar-refractivity contribution in [1.82, 2.24) is 15.4 Å². The van der Waals surface area contributed by atoms with Crippen molar-refractivity contribution in [3.63, 3.8) is 0 Å². The third kappa shape index (κ3) is 3.10. The van der Waals surface area contributed by atoms with Crippen molar-refractivity contribution < 1.29 is 0 Å². The normalized spacial score (nSPS) is 22.4. The van der Waals surface area contributed by atoms with Gasteiger partial charge in [-0.15, -0.1) is 0 Å². The number of halogens is 2. The Kier molecular flexibility index (Phi) is 4.62. The van der Waals surface area contributed by atoms with E-state index in [1.54, 1.807) is 0 Å². The topological polar surface area (TPSA) is 28.2 Å². The van der Waals surface area contributed by atoms with Crippen molar-refractivity contribution in [3.05, 3.63) is 28.0 Å². The molecular weight excluding hydrogens is 257 g/mol. The molecule has 17 heavy (non-hydrogen) atoms. The molecule has 1 aliphatic rings. The van der Waals surface area contributed by atoms with Gasteiger partial charge in [0, 0.05) is 12.7 Å². The first-order valence-corrected chi connectivity index (χ1v) is 6.73. The summed E-state index contributed by atoms with van der Waals surface area (Å²) in [6.07, 6.45) is 6.70. The summed E-state index contributed by atoms with van der Waals surface area (Å²) >= 11 is 11.9. The molecule has 1 aromatic heterocycles. The maximum atomic E-state index is 6.03. The molecular formula is C12H17Cl2N3. The lowest BCUT2D eigenvalue weighted by Crippen LogP contribution is -2.38. The summed E-state index contributed by atoms with van der Waals surface area (Å²) in [5.41, 5.74) is 4.39. The Morgan fingerprint density at radius 2 is 2.18 bits per heavy atom. The molecule has 1 fully saturated rings. The molecule has 0 saturated carbocycles. The van der Waals surface area contributed by atoms with E-state index in [1.165, 1.54) is 19.3 Å². The van der Waals surface area contributed by atoms with E-state index in [4.69, 9.17) is 23.2 Å². The quantitative estimate of drug-likeness (QED) is 0.837. The van der Waals surface area contributed by atoms with E-state index in [1.807, 2.05) is 19.3 Å². The Balaban J connectivity index is 2.25. The minimum Gasteiger partial charge on any atom is -0.258 e. The lowest BCUT2D eigenvalue weighted by Gasteiger charge is -2.29. The van der Waals surface area contributed by atoms with Gasteiger partial charge >= 0.3 is 0 Å². The largest absolute Gasteiger partial charge is 0.258 e. The van der Waals surface area contributed by atoms with Crippen molar-refractivity contribution in [1.29, 1.82) is 0 Å². The first-order chi connectivity index (χ1) is 8.22. The van der Waals surface area contributed by atoms with Gasteiger partial charge in [-0.1, -0.05) is 36.0 Å². The molecule has 5 heteroatoms. The van der Waals surface area contributed by atoms with E-state index in [-0.39, 0.29) is 0 Å². The molecule has 1 N–H and O–H groups in total. The first kappa shape index (κ1) is 13.1. The number of nitrogens with zero attached hydrogens (tertiary/aromatic N) is 2. The van der Waals surface area contributed by atoms with Crippen molar-refractivity contribution in [2.24, 2.45) is 0 Å². The van der Waals surface area contributed by atoms with Crippen molar-refractivity contribution in [3.8, 4) is 0 Å². The summed E-state index contributed by atoms with van der Waals surface area (Å²) in [7, 11) is 1.96. The van der Waals surface area contributed by atoms with Crippen LogP contribution < -0.4 is 5.43 Å². The number of nitrogens with one attached hydrogen (secondary N) is 1. The lowest BCUT2D eigenvalue weighted by atomic mass is 10.0. The standard InChI is InChI=1S/C12H17Cl2N3/c1-15-17-6-4-2-3-5-11(17)9-7-10(13)12(14)16-8-9/h7-8,11,15H,2-6H2,1H3/t11-/m1/s1. The molecule has 0 radical (unpaired) electrons. The van der Waals surface area contributed by atoms with Crippen molar-refractivity contribution in [2.75, 3.05) is 13.6 Å². The molecule has 3 nitrogen and oxygen atoms in total. The molecule has 0 aromatic carbocycles. The number of hydrogen-bond acceptors (Lipinski definition) is 3. The SMILES string of the molecule is CNN1CCCCC[C@@H]1c1cnc(Cl)c(Cl)c1. The molecule has 0 unspecified atom stereocenters. The Morgan fingerprint density at radius 1 is 1.35 bits per heavy atom. The van der Waals surface area contributed by atoms with Gasteiger partial charge in [-0.3, -0.25) is 5.43 Å². The zero-order valence-corrected chi connectivity index (χ0v) is 11.4. The molecule has 0 bridgehead atoms. The summed E-state index contributed by atoms with van der Waals surface area (Å²) in [4.78, 5) is 4.13. The Morgan fingerprint density at radius 3 is 2.88 bits per heavy atom. The van der Waals surface area contributed by atoms with Crippen LogP contribution >= 0.6 is 23.2 Å². The molecule has 1 aliphatic heterocycles. The summed E-state index contributed by atoms with van der Waals surface area (Å²) in [5, 5.41) is 3.17. The maximum absolute atomic E-state index is 6.03. The van der Waals surface area contributed by atoms with E-state index >= 15 is 0 Å². The zero-order chi connectivity index (χ0) is 12.3. The molecule has 94 valence electrons. The van der Waals surface area contributed by atoms with Crippen LogP contribution in [-0.2, 0) is 0 Å². The highest BCUT2D eigenvalue weighted by molar-refractivity contribution is 6.41. The van der Waals surface area contributed by atoms with Gasteiger partial charge in [0.05, 0.1) is 11.1 Å². The number of aromatic nitrogens is 1. The van der Waals surface area contributed by atoms with Gasteiger partial charge in [0.15, 0.2) is 0 Å². The van der Waals surface area contributed by atoms with Gasteiger partial charge < -0.3 is 0 Å². The van der Waals surface area contributed by atoms with Gasteiger partial charge in [0.1, 0.15) is 5.15 Å². The monoisotopic (exact) mass is 273 g/mol. The fourth-order valence-corrected chi connectivity index (χ4v) is 2.62. The average molecular weight is 274 g/mol. The minimum atomic E-state index is 0.338. The second-order valence-electron chi connectivity index (χ2n) is 4.32. The molecule has 0 amide bonds. The Bertz CT molecular complexity index is 384. The maximum Gasteiger partial charge on any atom is 0.147 e. The summed E-state index contributed by atoms with van der Waals surface area (Å²) in [5.74, 6) is 0. The third-order valence-electron chi connectivity index (χ3n) is 3.24. The lowest BCUT2D eigenvalue weighted by molar-refractivity contribution is 0.142. The zero-order valence-electron chi connectivity index (χ0n) is 9.92. The van der Waals surface area contributed by atoms with Crippen LogP contribution in [-0.4, -0.2) is 23.6 Å². The molecule has 1 saturated heterocycles. The average Bonchev–Trinajstić information content (AvgIpc) is 2.57. The second kappa shape index (κ2) is 6.01. The van der Waals surface area contributed by atoms with Crippen LogP contribution in [0.15, 0.2) is 12.3 Å². The Hall–Kier alpha value is -0.350. The summed E-state index contributed by atoms with van der Waals surface area (Å²) in [6.45, 7) is 1.06. The van der Waals surface area contributed by atoms with E-state index in [2.05, 4.69) is 15.4 Å². The van der Waals surface area contributed by atoms with Crippen molar-refractivity contribution >= 4 is 23.2 Å². The minimum absolute atomic E-state index is 0.338. The van der Waals surface area contributed by atoms with E-state index < -0.39 is 0 Å². The predicted molar refractivity (Wildman–Crippen MR) is 71.2 cm³/mol. The fraction of sp³-hybridized carbons (Fsp3) is 0.583. The molecule has 0 aliphatic carbocycles. The molecule has 2 rings (SSSR count). The van der Waals surface area contributed by atoms with Gasteiger partial charge in [-0.05, 0) is 31.5 Å². The van der Waals surface area contributed by atoms with E-state index in [0.717, 1.165) is 18.5 Å². The van der Waals surface area contributed by atoms with E-state index in [0.29, 0.717) is 16.2 Å². The van der Waals surface area contributed by atoms with E-state index in [9.17, 15) is 0 Å². The summed E-state index contributed by atoms with van der Waals surface area (Å²) < 4.78 is 0. The van der Waals surface area contributed by atoms with Crippen LogP contribution in [0, 0.1) is 0 Å². The van der Waals surface area contributed by atoms with Crippen LogP contribution in [0.4, 0.5) is 0 Å². The molecule has 1 atom stereocenters. The molecule has 0 spiro atoms. The number of hydrogen-bond donors (Lipinski definition) is 1. The molecule has 1 aromatic rings. The highest BCUT2D eigenvalue weighted by Gasteiger charge is 2.22. The van der Waals surface area contributed by atoms with Gasteiger partial charge in [-0.25, -0.2) is 9.99 Å². The molecule has 2 heterocycles. The van der Waals surface area contributed by atoms with Crippen LogP contribution in [0.5, 0.6) is 0 Å². The Labute approximate surface area is 112 Å². The van der Waals surface area contributed by atoms with Crippen LogP contribution in [0.3, 0.4) is 0 Å².